The van der Waals surface area contributed by atoms with E-state index >= 15 is 0 Å². The van der Waals surface area contributed by atoms with E-state index in [0.717, 1.165) is 17.5 Å². The number of carbonyl (C=O) groups is 2. The van der Waals surface area contributed by atoms with Gasteiger partial charge in [-0.3, -0.25) is 9.59 Å². The van der Waals surface area contributed by atoms with Gasteiger partial charge in [-0.2, -0.15) is 0 Å². The zero-order valence-electron chi connectivity index (χ0n) is 21.5. The molecule has 2 atom stereocenters. The van der Waals surface area contributed by atoms with Gasteiger partial charge < -0.3 is 10.2 Å². The summed E-state index contributed by atoms with van der Waals surface area (Å²) in [6.07, 6.45) is 1.20. The van der Waals surface area contributed by atoms with Crippen LogP contribution in [-0.4, -0.2) is 34.6 Å². The zero-order chi connectivity index (χ0) is 26.8. The first-order valence-electron chi connectivity index (χ1n) is 12.5. The minimum Gasteiger partial charge on any atom is -0.352 e. The van der Waals surface area contributed by atoms with Gasteiger partial charge in [0, 0.05) is 34.8 Å². The molecule has 0 unspecified atom stereocenters. The van der Waals surface area contributed by atoms with Crippen LogP contribution in [0.3, 0.4) is 0 Å². The maximum absolute atomic E-state index is 13.7. The number of hydrogen-bond donors (Lipinski definition) is 1. The van der Waals surface area contributed by atoms with E-state index < -0.39 is 6.04 Å². The Hall–Kier alpha value is -2.47. The van der Waals surface area contributed by atoms with Crippen molar-refractivity contribution in [3.63, 3.8) is 0 Å². The van der Waals surface area contributed by atoms with Gasteiger partial charge in [0.15, 0.2) is 0 Å². The summed E-state index contributed by atoms with van der Waals surface area (Å²) in [5.41, 5.74) is 4.09. The predicted octanol–water partition coefficient (Wildman–Crippen LogP) is 7.09. The normalized spacial score (nSPS) is 12.6. The highest BCUT2D eigenvalue weighted by atomic mass is 35.5. The number of thioether (sulfide) groups is 1. The van der Waals surface area contributed by atoms with Crippen molar-refractivity contribution in [2.24, 2.45) is 0 Å². The summed E-state index contributed by atoms with van der Waals surface area (Å²) in [6.45, 7) is 6.26. The van der Waals surface area contributed by atoms with Crippen LogP contribution in [0.25, 0.3) is 0 Å². The van der Waals surface area contributed by atoms with Crippen molar-refractivity contribution in [2.45, 2.75) is 58.0 Å². The van der Waals surface area contributed by atoms with Crippen LogP contribution in [0.1, 0.15) is 42.5 Å². The first kappa shape index (κ1) is 29.1. The van der Waals surface area contributed by atoms with Crippen LogP contribution in [0.4, 0.5) is 0 Å². The summed E-state index contributed by atoms with van der Waals surface area (Å²) in [6, 6.07) is 22.6. The number of nitrogens with zero attached hydrogens (tertiary/aromatic N) is 1. The van der Waals surface area contributed by atoms with Crippen molar-refractivity contribution in [1.29, 1.82) is 0 Å². The lowest BCUT2D eigenvalue weighted by Crippen LogP contribution is -2.52. The molecule has 0 saturated carbocycles. The minimum atomic E-state index is -0.685. The van der Waals surface area contributed by atoms with E-state index in [4.69, 9.17) is 23.2 Å². The molecule has 0 heterocycles. The first-order chi connectivity index (χ1) is 17.8. The SMILES string of the molecule is CC[C@@H](C)NC(=O)[C@H](Cc1ccccc1)N(Cc1ccc(Cl)cc1Cl)C(=O)CSCc1cccc(C)c1. The number of aryl methyl sites for hydroxylation is 1. The Bertz CT molecular complexity index is 1190. The van der Waals surface area contributed by atoms with E-state index in [1.807, 2.05) is 56.3 Å². The third-order valence-electron chi connectivity index (χ3n) is 6.20. The second-order valence-electron chi connectivity index (χ2n) is 9.26. The molecule has 3 rings (SSSR count). The molecule has 0 spiro atoms. The molecule has 196 valence electrons. The average Bonchev–Trinajstić information content (AvgIpc) is 2.87. The van der Waals surface area contributed by atoms with E-state index in [-0.39, 0.29) is 30.2 Å². The van der Waals surface area contributed by atoms with Gasteiger partial charge in [0.25, 0.3) is 0 Å². The summed E-state index contributed by atoms with van der Waals surface area (Å²) in [4.78, 5) is 29.0. The first-order valence-corrected chi connectivity index (χ1v) is 14.4. The van der Waals surface area contributed by atoms with Gasteiger partial charge in [0.1, 0.15) is 6.04 Å². The number of hydrogen-bond acceptors (Lipinski definition) is 3. The summed E-state index contributed by atoms with van der Waals surface area (Å²) >= 11 is 14.2. The quantitative estimate of drug-likeness (QED) is 0.259. The van der Waals surface area contributed by atoms with Crippen LogP contribution in [0.2, 0.25) is 10.0 Å². The monoisotopic (exact) mass is 556 g/mol. The molecular formula is C30H34Cl2N2O2S. The highest BCUT2D eigenvalue weighted by Gasteiger charge is 2.31. The molecule has 0 radical (unpaired) electrons. The fourth-order valence-electron chi connectivity index (χ4n) is 3.97. The van der Waals surface area contributed by atoms with Crippen molar-refractivity contribution < 1.29 is 9.59 Å². The van der Waals surface area contributed by atoms with Crippen molar-refractivity contribution in [1.82, 2.24) is 10.2 Å². The number of benzene rings is 3. The fourth-order valence-corrected chi connectivity index (χ4v) is 5.30. The molecule has 37 heavy (non-hydrogen) atoms. The van der Waals surface area contributed by atoms with Gasteiger partial charge in [-0.25, -0.2) is 0 Å². The van der Waals surface area contributed by atoms with Gasteiger partial charge in [-0.05, 0) is 49.1 Å². The minimum absolute atomic E-state index is 0.00228. The molecule has 0 aliphatic rings. The maximum Gasteiger partial charge on any atom is 0.243 e. The Morgan fingerprint density at radius 2 is 1.70 bits per heavy atom. The van der Waals surface area contributed by atoms with E-state index in [1.54, 1.807) is 28.8 Å². The second-order valence-corrected chi connectivity index (χ2v) is 11.1. The summed E-state index contributed by atoms with van der Waals surface area (Å²) in [5, 5.41) is 4.08. The lowest BCUT2D eigenvalue weighted by atomic mass is 10.0. The summed E-state index contributed by atoms with van der Waals surface area (Å²) in [7, 11) is 0. The molecule has 7 heteroatoms. The number of halogens is 2. The molecule has 1 N–H and O–H groups in total. The largest absolute Gasteiger partial charge is 0.352 e. The molecule has 2 amide bonds. The number of rotatable bonds is 12. The van der Waals surface area contributed by atoms with Crippen LogP contribution in [-0.2, 0) is 28.3 Å². The van der Waals surface area contributed by atoms with Crippen LogP contribution in [0.5, 0.6) is 0 Å². The molecule has 0 aliphatic carbocycles. The lowest BCUT2D eigenvalue weighted by molar-refractivity contribution is -0.139. The van der Waals surface area contributed by atoms with E-state index in [2.05, 4.69) is 30.4 Å². The third-order valence-corrected chi connectivity index (χ3v) is 7.78. The van der Waals surface area contributed by atoms with Gasteiger partial charge in [0.2, 0.25) is 11.8 Å². The highest BCUT2D eigenvalue weighted by molar-refractivity contribution is 7.99. The van der Waals surface area contributed by atoms with Crippen molar-refractivity contribution >= 4 is 46.8 Å². The van der Waals surface area contributed by atoms with E-state index in [9.17, 15) is 9.59 Å². The standard InChI is InChI=1S/C30H34Cl2N2O2S/c1-4-22(3)33-30(36)28(16-23-10-6-5-7-11-23)34(18-25-13-14-26(31)17-27(25)32)29(35)20-37-19-24-12-8-9-21(2)15-24/h5-15,17,22,28H,4,16,18-20H2,1-3H3,(H,33,36)/t22-,28+/m1/s1. The molecule has 0 fully saturated rings. The zero-order valence-corrected chi connectivity index (χ0v) is 23.9. The Balaban J connectivity index is 1.89. The Kier molecular flexibility index (Phi) is 11.4. The molecule has 0 saturated heterocycles. The number of carbonyl (C=O) groups excluding carboxylic acids is 2. The molecular weight excluding hydrogens is 523 g/mol. The highest BCUT2D eigenvalue weighted by Crippen LogP contribution is 2.25. The van der Waals surface area contributed by atoms with Gasteiger partial charge in [-0.15, -0.1) is 11.8 Å². The predicted molar refractivity (Wildman–Crippen MR) is 156 cm³/mol. The Labute approximate surface area is 234 Å². The van der Waals surface area contributed by atoms with Gasteiger partial charge >= 0.3 is 0 Å². The third kappa shape index (κ3) is 9.10. The Morgan fingerprint density at radius 3 is 2.38 bits per heavy atom. The van der Waals surface area contributed by atoms with Crippen LogP contribution in [0.15, 0.2) is 72.8 Å². The smallest absolute Gasteiger partial charge is 0.243 e. The van der Waals surface area contributed by atoms with Crippen LogP contribution in [0, 0.1) is 6.92 Å². The van der Waals surface area contributed by atoms with Crippen molar-refractivity contribution in [3.8, 4) is 0 Å². The Morgan fingerprint density at radius 1 is 0.973 bits per heavy atom. The number of amides is 2. The topological polar surface area (TPSA) is 49.4 Å². The lowest BCUT2D eigenvalue weighted by Gasteiger charge is -2.32. The van der Waals surface area contributed by atoms with Gasteiger partial charge in [-0.1, -0.05) is 96.4 Å². The summed E-state index contributed by atoms with van der Waals surface area (Å²) < 4.78 is 0. The molecule has 0 aliphatic heterocycles. The fraction of sp³-hybridized carbons (Fsp3) is 0.333. The number of nitrogens with one attached hydrogen (secondary N) is 1. The molecule has 0 aromatic heterocycles. The van der Waals surface area contributed by atoms with Crippen molar-refractivity contribution in [2.75, 3.05) is 5.75 Å². The van der Waals surface area contributed by atoms with Crippen molar-refractivity contribution in [3.05, 3.63) is 105 Å². The molecule has 4 nitrogen and oxygen atoms in total. The van der Waals surface area contributed by atoms with Crippen LogP contribution >= 0.6 is 35.0 Å². The van der Waals surface area contributed by atoms with Crippen LogP contribution < -0.4 is 5.32 Å². The molecule has 3 aromatic rings. The summed E-state index contributed by atoms with van der Waals surface area (Å²) in [5.74, 6) is 0.691. The second kappa shape index (κ2) is 14.5. The van der Waals surface area contributed by atoms with E-state index in [1.165, 1.54) is 11.1 Å². The maximum atomic E-state index is 13.7. The molecule has 3 aromatic carbocycles. The molecule has 0 bridgehead atoms. The van der Waals surface area contributed by atoms with E-state index in [0.29, 0.717) is 22.2 Å². The average molecular weight is 558 g/mol. The van der Waals surface area contributed by atoms with Gasteiger partial charge in [0.05, 0.1) is 5.75 Å².